The monoisotopic (exact) mass is 310 g/mol. The number of aromatic nitrogens is 1. The Bertz CT molecular complexity index is 604. The minimum Gasteiger partial charge on any atom is -0.478 e. The van der Waals surface area contributed by atoms with Crippen LogP contribution in [0.2, 0.25) is 0 Å². The van der Waals surface area contributed by atoms with E-state index in [-0.39, 0.29) is 5.82 Å². The Labute approximate surface area is 111 Å². The molecule has 1 aromatic heterocycles. The summed E-state index contributed by atoms with van der Waals surface area (Å²) in [5.74, 6) is -2.34. The van der Waals surface area contributed by atoms with Gasteiger partial charge in [-0.05, 0) is 34.1 Å². The number of nitrogens with one attached hydrogen (secondary N) is 1. The van der Waals surface area contributed by atoms with Crippen LogP contribution < -0.4 is 5.32 Å². The largest absolute Gasteiger partial charge is 0.478 e. The van der Waals surface area contributed by atoms with Crippen molar-refractivity contribution < 1.29 is 14.3 Å². The lowest BCUT2D eigenvalue weighted by molar-refractivity contribution is 0.0692. The van der Waals surface area contributed by atoms with Crippen molar-refractivity contribution in [2.24, 2.45) is 0 Å². The topological polar surface area (TPSA) is 62.2 Å². The number of halogens is 2. The lowest BCUT2D eigenvalue weighted by Gasteiger charge is -2.09. The molecule has 0 spiro atoms. The van der Waals surface area contributed by atoms with Crippen LogP contribution in [-0.2, 0) is 0 Å². The fourth-order valence-corrected chi connectivity index (χ4v) is 1.77. The normalized spacial score (nSPS) is 10.1. The summed E-state index contributed by atoms with van der Waals surface area (Å²) in [4.78, 5) is 14.6. The third-order valence-corrected chi connectivity index (χ3v) is 2.94. The number of benzene rings is 1. The molecule has 1 aromatic carbocycles. The molecule has 0 bridgehead atoms. The van der Waals surface area contributed by atoms with E-state index in [2.05, 4.69) is 26.2 Å². The maximum absolute atomic E-state index is 13.8. The van der Waals surface area contributed by atoms with E-state index < -0.39 is 17.3 Å². The van der Waals surface area contributed by atoms with Crippen LogP contribution in [0.1, 0.15) is 10.4 Å². The number of carboxylic acids is 1. The molecule has 0 fully saturated rings. The van der Waals surface area contributed by atoms with Crippen molar-refractivity contribution in [3.05, 3.63) is 52.4 Å². The first-order valence-electron chi connectivity index (χ1n) is 4.99. The van der Waals surface area contributed by atoms with Gasteiger partial charge in [0.2, 0.25) is 0 Å². The Kier molecular flexibility index (Phi) is 3.57. The predicted molar refractivity (Wildman–Crippen MR) is 68.6 cm³/mol. The minimum absolute atomic E-state index is 0.123. The van der Waals surface area contributed by atoms with Gasteiger partial charge in [0, 0.05) is 10.7 Å². The molecule has 2 N–H and O–H groups in total. The number of aromatic carboxylic acids is 1. The van der Waals surface area contributed by atoms with Crippen LogP contribution in [0.5, 0.6) is 0 Å². The van der Waals surface area contributed by atoms with E-state index in [0.717, 1.165) is 10.5 Å². The van der Waals surface area contributed by atoms with E-state index in [4.69, 9.17) is 5.11 Å². The van der Waals surface area contributed by atoms with E-state index in [1.54, 1.807) is 18.2 Å². The Hall–Kier alpha value is -1.95. The molecular weight excluding hydrogens is 303 g/mol. The second-order valence-electron chi connectivity index (χ2n) is 3.43. The highest BCUT2D eigenvalue weighted by Crippen LogP contribution is 2.26. The number of hydrogen-bond acceptors (Lipinski definition) is 3. The van der Waals surface area contributed by atoms with Gasteiger partial charge in [-0.25, -0.2) is 14.2 Å². The number of nitrogens with zero attached hydrogens (tertiary/aromatic N) is 1. The molecule has 0 amide bonds. The van der Waals surface area contributed by atoms with Crippen LogP contribution in [0, 0.1) is 5.82 Å². The van der Waals surface area contributed by atoms with Gasteiger partial charge in [0.05, 0.1) is 5.69 Å². The van der Waals surface area contributed by atoms with Gasteiger partial charge < -0.3 is 10.4 Å². The van der Waals surface area contributed by atoms with Crippen molar-refractivity contribution in [1.29, 1.82) is 0 Å². The standard InChI is InChI=1S/C12H8BrFN2O2/c13-8-3-1-2-4-9(8)16-11-10(14)7(12(17)18)5-6-15-11/h1-6H,(H,15,16)(H,17,18). The summed E-state index contributed by atoms with van der Waals surface area (Å²) >= 11 is 3.30. The number of carboxylic acid groups (broad SMARTS) is 1. The molecule has 0 saturated heterocycles. The predicted octanol–water partition coefficient (Wildman–Crippen LogP) is 3.43. The van der Waals surface area contributed by atoms with Crippen molar-refractivity contribution >= 4 is 33.4 Å². The van der Waals surface area contributed by atoms with E-state index in [0.29, 0.717) is 5.69 Å². The highest BCUT2D eigenvalue weighted by Gasteiger charge is 2.15. The molecule has 0 atom stereocenters. The molecule has 0 aliphatic rings. The minimum atomic E-state index is -1.33. The molecule has 6 heteroatoms. The molecule has 4 nitrogen and oxygen atoms in total. The zero-order valence-electron chi connectivity index (χ0n) is 9.02. The first kappa shape index (κ1) is 12.5. The number of para-hydroxylation sites is 1. The van der Waals surface area contributed by atoms with Crippen molar-refractivity contribution in [2.75, 3.05) is 5.32 Å². The highest BCUT2D eigenvalue weighted by atomic mass is 79.9. The number of anilines is 2. The highest BCUT2D eigenvalue weighted by molar-refractivity contribution is 9.10. The van der Waals surface area contributed by atoms with Crippen LogP contribution in [0.4, 0.5) is 15.9 Å². The Balaban J connectivity index is 2.39. The van der Waals surface area contributed by atoms with Crippen molar-refractivity contribution in [3.8, 4) is 0 Å². The molecule has 2 aromatic rings. The molecule has 0 aliphatic heterocycles. The maximum atomic E-state index is 13.8. The molecule has 92 valence electrons. The zero-order valence-corrected chi connectivity index (χ0v) is 10.6. The summed E-state index contributed by atoms with van der Waals surface area (Å²) in [6.07, 6.45) is 1.24. The summed E-state index contributed by atoms with van der Waals surface area (Å²) in [5, 5.41) is 11.5. The van der Waals surface area contributed by atoms with Gasteiger partial charge in [-0.1, -0.05) is 12.1 Å². The molecule has 18 heavy (non-hydrogen) atoms. The fraction of sp³-hybridized carbons (Fsp3) is 0. The Morgan fingerprint density at radius 3 is 2.72 bits per heavy atom. The molecular formula is C12H8BrFN2O2. The Morgan fingerprint density at radius 2 is 2.06 bits per heavy atom. The van der Waals surface area contributed by atoms with Crippen molar-refractivity contribution in [3.63, 3.8) is 0 Å². The zero-order chi connectivity index (χ0) is 13.1. The van der Waals surface area contributed by atoms with Crippen LogP contribution >= 0.6 is 15.9 Å². The van der Waals surface area contributed by atoms with Crippen LogP contribution in [-0.4, -0.2) is 16.1 Å². The summed E-state index contributed by atoms with van der Waals surface area (Å²) in [7, 11) is 0. The van der Waals surface area contributed by atoms with Gasteiger partial charge in [-0.3, -0.25) is 0 Å². The summed E-state index contributed by atoms with van der Waals surface area (Å²) < 4.78 is 14.5. The first-order valence-corrected chi connectivity index (χ1v) is 5.78. The van der Waals surface area contributed by atoms with Crippen LogP contribution in [0.3, 0.4) is 0 Å². The van der Waals surface area contributed by atoms with Gasteiger partial charge in [0.15, 0.2) is 11.6 Å². The van der Waals surface area contributed by atoms with Gasteiger partial charge in [-0.2, -0.15) is 0 Å². The van der Waals surface area contributed by atoms with E-state index >= 15 is 0 Å². The van der Waals surface area contributed by atoms with E-state index in [9.17, 15) is 9.18 Å². The SMILES string of the molecule is O=C(O)c1ccnc(Nc2ccccc2Br)c1F. The summed E-state index contributed by atoms with van der Waals surface area (Å²) in [5.41, 5.74) is 0.186. The summed E-state index contributed by atoms with van der Waals surface area (Å²) in [6.45, 7) is 0. The van der Waals surface area contributed by atoms with Gasteiger partial charge in [0.25, 0.3) is 0 Å². The third kappa shape index (κ3) is 2.48. The average Bonchev–Trinajstić information content (AvgIpc) is 2.34. The van der Waals surface area contributed by atoms with E-state index in [1.165, 1.54) is 6.20 Å². The average molecular weight is 311 g/mol. The lowest BCUT2D eigenvalue weighted by atomic mass is 10.2. The van der Waals surface area contributed by atoms with Crippen LogP contribution in [0.25, 0.3) is 0 Å². The van der Waals surface area contributed by atoms with E-state index in [1.807, 2.05) is 6.07 Å². The summed E-state index contributed by atoms with van der Waals surface area (Å²) in [6, 6.07) is 8.20. The molecule has 0 aliphatic carbocycles. The second-order valence-corrected chi connectivity index (χ2v) is 4.29. The Morgan fingerprint density at radius 1 is 1.33 bits per heavy atom. The molecule has 2 rings (SSSR count). The van der Waals surface area contributed by atoms with Crippen molar-refractivity contribution in [2.45, 2.75) is 0 Å². The number of rotatable bonds is 3. The second kappa shape index (κ2) is 5.14. The number of pyridine rings is 1. The molecule has 1 heterocycles. The maximum Gasteiger partial charge on any atom is 0.338 e. The van der Waals surface area contributed by atoms with Crippen molar-refractivity contribution in [1.82, 2.24) is 4.98 Å². The molecule has 0 saturated carbocycles. The molecule has 0 unspecified atom stereocenters. The quantitative estimate of drug-likeness (QED) is 0.911. The van der Waals surface area contributed by atoms with Gasteiger partial charge >= 0.3 is 5.97 Å². The lowest BCUT2D eigenvalue weighted by Crippen LogP contribution is -2.05. The van der Waals surface area contributed by atoms with Crippen LogP contribution in [0.15, 0.2) is 41.0 Å². The fourth-order valence-electron chi connectivity index (χ4n) is 1.39. The number of hydrogen-bond donors (Lipinski definition) is 2. The smallest absolute Gasteiger partial charge is 0.338 e. The van der Waals surface area contributed by atoms with Gasteiger partial charge in [0.1, 0.15) is 5.56 Å². The van der Waals surface area contributed by atoms with Gasteiger partial charge in [-0.15, -0.1) is 0 Å². The number of carbonyl (C=O) groups is 1. The third-order valence-electron chi connectivity index (χ3n) is 2.25. The molecule has 0 radical (unpaired) electrons. The first-order chi connectivity index (χ1) is 8.59.